The molecule has 2 aliphatic rings. The standard InChI is InChI=1S/C10H12O4/c1-14-9(13)10-3-6(8(12)5-10)2-7(11)4-10/h6H,2-5H2,1H3. The molecule has 0 N–H and O–H groups in total. The van der Waals surface area contributed by atoms with Gasteiger partial charge in [0.15, 0.2) is 0 Å². The quantitative estimate of drug-likeness (QED) is 0.572. The summed E-state index contributed by atoms with van der Waals surface area (Å²) in [4.78, 5) is 34.3. The van der Waals surface area contributed by atoms with Crippen LogP contribution in [0.3, 0.4) is 0 Å². The fourth-order valence-electron chi connectivity index (χ4n) is 2.62. The van der Waals surface area contributed by atoms with Gasteiger partial charge in [0.25, 0.3) is 0 Å². The minimum Gasteiger partial charge on any atom is -0.469 e. The molecule has 0 aromatic carbocycles. The van der Waals surface area contributed by atoms with E-state index in [2.05, 4.69) is 4.74 Å². The largest absolute Gasteiger partial charge is 0.469 e. The summed E-state index contributed by atoms with van der Waals surface area (Å²) in [6, 6.07) is 0. The number of hydrogen-bond donors (Lipinski definition) is 0. The third-order valence-corrected chi connectivity index (χ3v) is 3.23. The Morgan fingerprint density at radius 2 is 2.14 bits per heavy atom. The smallest absolute Gasteiger partial charge is 0.312 e. The van der Waals surface area contributed by atoms with Crippen LogP contribution < -0.4 is 0 Å². The summed E-state index contributed by atoms with van der Waals surface area (Å²) in [5.74, 6) is -0.574. The van der Waals surface area contributed by atoms with E-state index in [4.69, 9.17) is 0 Å². The van der Waals surface area contributed by atoms with Crippen molar-refractivity contribution in [1.29, 1.82) is 0 Å². The highest BCUT2D eigenvalue weighted by Crippen LogP contribution is 2.48. The summed E-state index contributed by atoms with van der Waals surface area (Å²) < 4.78 is 4.66. The first-order valence-corrected chi connectivity index (χ1v) is 4.70. The number of ether oxygens (including phenoxy) is 1. The highest BCUT2D eigenvalue weighted by atomic mass is 16.5. The Hall–Kier alpha value is -1.19. The van der Waals surface area contributed by atoms with Crippen molar-refractivity contribution < 1.29 is 19.1 Å². The van der Waals surface area contributed by atoms with Crippen molar-refractivity contribution in [2.75, 3.05) is 7.11 Å². The second-order valence-electron chi connectivity index (χ2n) is 4.24. The molecule has 2 atom stereocenters. The zero-order valence-corrected chi connectivity index (χ0v) is 8.04. The lowest BCUT2D eigenvalue weighted by Gasteiger charge is -2.27. The van der Waals surface area contributed by atoms with Crippen LogP contribution in [-0.4, -0.2) is 24.6 Å². The lowest BCUT2D eigenvalue weighted by Crippen LogP contribution is -2.35. The SMILES string of the molecule is COC(=O)C12CC(=O)CC(C1)C(=O)C2. The summed E-state index contributed by atoms with van der Waals surface area (Å²) in [6.45, 7) is 0. The fraction of sp³-hybridized carbons (Fsp3) is 0.700. The number of carbonyl (C=O) groups is 3. The molecule has 4 nitrogen and oxygen atoms in total. The molecule has 0 heterocycles. The molecule has 2 saturated carbocycles. The van der Waals surface area contributed by atoms with Crippen molar-refractivity contribution in [3.8, 4) is 0 Å². The average Bonchev–Trinajstić information content (AvgIpc) is 2.37. The number of hydrogen-bond acceptors (Lipinski definition) is 4. The topological polar surface area (TPSA) is 60.4 Å². The molecule has 4 heteroatoms. The number of carbonyl (C=O) groups excluding carboxylic acids is 3. The fourth-order valence-corrected chi connectivity index (χ4v) is 2.62. The van der Waals surface area contributed by atoms with Gasteiger partial charge in [0.05, 0.1) is 12.5 Å². The average molecular weight is 196 g/mol. The molecule has 76 valence electrons. The second-order valence-corrected chi connectivity index (χ2v) is 4.24. The zero-order chi connectivity index (χ0) is 10.3. The molecule has 2 fully saturated rings. The normalized spacial score (nSPS) is 35.9. The van der Waals surface area contributed by atoms with Crippen LogP contribution in [0.1, 0.15) is 25.7 Å². The van der Waals surface area contributed by atoms with Crippen molar-refractivity contribution >= 4 is 17.5 Å². The Bertz CT molecular complexity index is 316. The number of fused-ring (bicyclic) bond motifs is 2. The van der Waals surface area contributed by atoms with E-state index >= 15 is 0 Å². The predicted molar refractivity (Wildman–Crippen MR) is 46.4 cm³/mol. The molecule has 2 unspecified atom stereocenters. The van der Waals surface area contributed by atoms with E-state index in [1.54, 1.807) is 0 Å². The third-order valence-electron chi connectivity index (χ3n) is 3.23. The maximum absolute atomic E-state index is 11.5. The Kier molecular flexibility index (Phi) is 1.94. The molecule has 2 rings (SSSR count). The first-order valence-electron chi connectivity index (χ1n) is 4.70. The van der Waals surface area contributed by atoms with E-state index in [0.29, 0.717) is 12.8 Å². The Morgan fingerprint density at radius 1 is 1.43 bits per heavy atom. The highest BCUT2D eigenvalue weighted by Gasteiger charge is 2.55. The van der Waals surface area contributed by atoms with E-state index in [1.807, 2.05) is 0 Å². The minimum atomic E-state index is -0.814. The summed E-state index contributed by atoms with van der Waals surface area (Å²) >= 11 is 0. The summed E-state index contributed by atoms with van der Waals surface area (Å²) in [5, 5.41) is 0. The van der Waals surface area contributed by atoms with Crippen LogP contribution in [0.25, 0.3) is 0 Å². The monoisotopic (exact) mass is 196 g/mol. The Balaban J connectivity index is 2.31. The molecule has 0 amide bonds. The first kappa shape index (κ1) is 9.37. The van der Waals surface area contributed by atoms with E-state index < -0.39 is 11.4 Å². The second kappa shape index (κ2) is 2.90. The summed E-state index contributed by atoms with van der Waals surface area (Å²) in [5.41, 5.74) is -0.814. The van der Waals surface area contributed by atoms with E-state index in [0.717, 1.165) is 0 Å². The van der Waals surface area contributed by atoms with Crippen molar-refractivity contribution in [2.45, 2.75) is 25.7 Å². The van der Waals surface area contributed by atoms with Crippen LogP contribution in [0.15, 0.2) is 0 Å². The molecular formula is C10H12O4. The summed E-state index contributed by atoms with van der Waals surface area (Å²) in [7, 11) is 1.30. The molecule has 0 saturated heterocycles. The van der Waals surface area contributed by atoms with Gasteiger partial charge in [-0.1, -0.05) is 0 Å². The predicted octanol–water partition coefficient (Wildman–Crippen LogP) is 0.488. The summed E-state index contributed by atoms with van der Waals surface area (Å²) in [6.07, 6.45) is 1.19. The van der Waals surface area contributed by atoms with Crippen LogP contribution in [0.2, 0.25) is 0 Å². The molecule has 2 bridgehead atoms. The van der Waals surface area contributed by atoms with Gasteiger partial charge in [-0.3, -0.25) is 14.4 Å². The third kappa shape index (κ3) is 1.17. The van der Waals surface area contributed by atoms with Crippen LogP contribution in [0, 0.1) is 11.3 Å². The van der Waals surface area contributed by atoms with Crippen molar-refractivity contribution in [2.24, 2.45) is 11.3 Å². The van der Waals surface area contributed by atoms with Gasteiger partial charge in [0, 0.05) is 25.2 Å². The number of ketones is 2. The lowest BCUT2D eigenvalue weighted by atomic mass is 9.75. The van der Waals surface area contributed by atoms with Crippen LogP contribution >= 0.6 is 0 Å². The first-order chi connectivity index (χ1) is 6.57. The van der Waals surface area contributed by atoms with Gasteiger partial charge >= 0.3 is 5.97 Å². The molecule has 0 aromatic heterocycles. The molecular weight excluding hydrogens is 184 g/mol. The van der Waals surface area contributed by atoms with Gasteiger partial charge in [0.1, 0.15) is 11.6 Å². The van der Waals surface area contributed by atoms with Gasteiger partial charge in [-0.2, -0.15) is 0 Å². The van der Waals surface area contributed by atoms with Gasteiger partial charge < -0.3 is 4.74 Å². The maximum Gasteiger partial charge on any atom is 0.312 e. The van der Waals surface area contributed by atoms with Crippen LogP contribution in [-0.2, 0) is 19.1 Å². The number of esters is 1. The van der Waals surface area contributed by atoms with Gasteiger partial charge in [0.2, 0.25) is 0 Å². The number of rotatable bonds is 1. The Morgan fingerprint density at radius 3 is 2.79 bits per heavy atom. The van der Waals surface area contributed by atoms with Gasteiger partial charge in [-0.05, 0) is 6.42 Å². The molecule has 14 heavy (non-hydrogen) atoms. The molecule has 0 spiro atoms. The molecule has 2 aliphatic carbocycles. The maximum atomic E-state index is 11.5. The molecule has 0 aromatic rings. The van der Waals surface area contributed by atoms with E-state index in [9.17, 15) is 14.4 Å². The van der Waals surface area contributed by atoms with E-state index in [-0.39, 0.29) is 30.3 Å². The lowest BCUT2D eigenvalue weighted by molar-refractivity contribution is -0.156. The number of methoxy groups -OCH3 is 1. The van der Waals surface area contributed by atoms with Gasteiger partial charge in [-0.15, -0.1) is 0 Å². The van der Waals surface area contributed by atoms with Crippen molar-refractivity contribution in [3.63, 3.8) is 0 Å². The zero-order valence-electron chi connectivity index (χ0n) is 8.04. The molecule has 0 radical (unpaired) electrons. The highest BCUT2D eigenvalue weighted by molar-refractivity contribution is 6.00. The Labute approximate surface area is 81.6 Å². The van der Waals surface area contributed by atoms with Crippen molar-refractivity contribution in [1.82, 2.24) is 0 Å². The van der Waals surface area contributed by atoms with Crippen LogP contribution in [0.5, 0.6) is 0 Å². The van der Waals surface area contributed by atoms with Crippen molar-refractivity contribution in [3.05, 3.63) is 0 Å². The minimum absolute atomic E-state index is 0.0116. The van der Waals surface area contributed by atoms with Crippen LogP contribution in [0.4, 0.5) is 0 Å². The van der Waals surface area contributed by atoms with Gasteiger partial charge in [-0.25, -0.2) is 0 Å². The number of Topliss-reactive ketones (excluding diaryl/α,β-unsaturated/α-hetero) is 2. The van der Waals surface area contributed by atoms with E-state index in [1.165, 1.54) is 7.11 Å². The molecule has 0 aliphatic heterocycles.